The quantitative estimate of drug-likeness (QED) is 0.336. The molecule has 1 unspecified atom stereocenters. The van der Waals surface area contributed by atoms with Crippen molar-refractivity contribution in [1.29, 1.82) is 0 Å². The number of aromatic amines is 1. The molecule has 0 saturated carbocycles. The molecule has 2 aromatic carbocycles. The zero-order chi connectivity index (χ0) is 25.1. The number of amides is 1. The SMILES string of the molecule is O=C(CCc1nc(-c2ccncc2)no1)NC(c1ccccc1)c1ccc2nc(C(F)(F)F)[nH]c2c1. The third kappa shape index (κ3) is 5.09. The zero-order valence-corrected chi connectivity index (χ0v) is 18.7. The number of fused-ring (bicyclic) bond motifs is 1. The summed E-state index contributed by atoms with van der Waals surface area (Å²) in [4.78, 5) is 27.1. The first-order valence-corrected chi connectivity index (χ1v) is 11.0. The van der Waals surface area contributed by atoms with E-state index in [1.807, 2.05) is 30.3 Å². The fourth-order valence-electron chi connectivity index (χ4n) is 3.77. The number of carbonyl (C=O) groups excluding carboxylic acids is 1. The summed E-state index contributed by atoms with van der Waals surface area (Å²) in [5, 5.41) is 6.90. The molecule has 0 saturated heterocycles. The number of aryl methyl sites for hydroxylation is 1. The Morgan fingerprint density at radius 2 is 1.78 bits per heavy atom. The molecule has 0 fully saturated rings. The van der Waals surface area contributed by atoms with E-state index in [0.717, 1.165) is 11.1 Å². The van der Waals surface area contributed by atoms with E-state index in [-0.39, 0.29) is 29.8 Å². The molecule has 0 aliphatic heterocycles. The van der Waals surface area contributed by atoms with Gasteiger partial charge in [-0.1, -0.05) is 41.6 Å². The van der Waals surface area contributed by atoms with Gasteiger partial charge in [0, 0.05) is 30.8 Å². The first-order valence-electron chi connectivity index (χ1n) is 11.0. The Balaban J connectivity index is 1.34. The fourth-order valence-corrected chi connectivity index (χ4v) is 3.77. The summed E-state index contributed by atoms with van der Waals surface area (Å²) in [5.74, 6) is -0.637. The molecule has 1 atom stereocenters. The van der Waals surface area contributed by atoms with E-state index in [1.54, 1.807) is 36.7 Å². The maximum absolute atomic E-state index is 13.1. The van der Waals surface area contributed by atoms with Gasteiger partial charge in [-0.3, -0.25) is 9.78 Å². The second-order valence-corrected chi connectivity index (χ2v) is 8.02. The first-order chi connectivity index (χ1) is 17.4. The Labute approximate surface area is 202 Å². The van der Waals surface area contributed by atoms with Crippen LogP contribution in [0.2, 0.25) is 0 Å². The van der Waals surface area contributed by atoms with Crippen LogP contribution in [0.3, 0.4) is 0 Å². The number of hydrogen-bond acceptors (Lipinski definition) is 6. The molecule has 5 rings (SSSR count). The van der Waals surface area contributed by atoms with Gasteiger partial charge in [-0.2, -0.15) is 18.2 Å². The number of hydrogen-bond donors (Lipinski definition) is 2. The molecule has 0 radical (unpaired) electrons. The Morgan fingerprint density at radius 3 is 2.53 bits per heavy atom. The van der Waals surface area contributed by atoms with Crippen molar-refractivity contribution in [3.63, 3.8) is 0 Å². The summed E-state index contributed by atoms with van der Waals surface area (Å²) in [7, 11) is 0. The van der Waals surface area contributed by atoms with Crippen LogP contribution in [-0.2, 0) is 17.4 Å². The number of benzene rings is 2. The lowest BCUT2D eigenvalue weighted by atomic mass is 9.98. The van der Waals surface area contributed by atoms with Crippen LogP contribution < -0.4 is 5.32 Å². The van der Waals surface area contributed by atoms with E-state index in [0.29, 0.717) is 17.3 Å². The van der Waals surface area contributed by atoms with E-state index in [9.17, 15) is 18.0 Å². The van der Waals surface area contributed by atoms with Crippen LogP contribution in [0.5, 0.6) is 0 Å². The smallest absolute Gasteiger partial charge is 0.345 e. The number of imidazole rings is 1. The van der Waals surface area contributed by atoms with Crippen molar-refractivity contribution in [2.75, 3.05) is 0 Å². The Bertz CT molecular complexity index is 1480. The van der Waals surface area contributed by atoms with E-state index < -0.39 is 18.0 Å². The summed E-state index contributed by atoms with van der Waals surface area (Å²) in [6.07, 6.45) is -1.05. The number of H-pyrrole nitrogens is 1. The Kier molecular flexibility index (Phi) is 6.19. The molecule has 0 bridgehead atoms. The minimum absolute atomic E-state index is 0.0752. The van der Waals surface area contributed by atoms with Gasteiger partial charge < -0.3 is 14.8 Å². The van der Waals surface area contributed by atoms with Crippen LogP contribution in [-0.4, -0.2) is 31.0 Å². The van der Waals surface area contributed by atoms with Gasteiger partial charge in [-0.05, 0) is 35.4 Å². The standard InChI is InChI=1S/C25H19F3N6O2/c26-25(27,28)24-30-18-7-6-17(14-19(18)31-24)22(15-4-2-1-3-5-15)32-20(35)8-9-21-33-23(34-36-21)16-10-12-29-13-11-16/h1-7,10-14,22H,8-9H2,(H,30,31)(H,32,35). The average Bonchev–Trinajstić information content (AvgIpc) is 3.54. The average molecular weight is 492 g/mol. The van der Waals surface area contributed by atoms with Gasteiger partial charge >= 0.3 is 6.18 Å². The topological polar surface area (TPSA) is 110 Å². The molecular weight excluding hydrogens is 473 g/mol. The summed E-state index contributed by atoms with van der Waals surface area (Å²) < 4.78 is 44.5. The van der Waals surface area contributed by atoms with Gasteiger partial charge in [0.15, 0.2) is 0 Å². The largest absolute Gasteiger partial charge is 0.449 e. The zero-order valence-electron chi connectivity index (χ0n) is 18.7. The van der Waals surface area contributed by atoms with Crippen molar-refractivity contribution in [2.45, 2.75) is 25.1 Å². The molecule has 3 aromatic heterocycles. The number of nitrogens with one attached hydrogen (secondary N) is 2. The maximum atomic E-state index is 13.1. The maximum Gasteiger partial charge on any atom is 0.449 e. The molecule has 2 N–H and O–H groups in total. The fraction of sp³-hybridized carbons (Fsp3) is 0.160. The van der Waals surface area contributed by atoms with Gasteiger partial charge in [0.05, 0.1) is 17.1 Å². The predicted molar refractivity (Wildman–Crippen MR) is 123 cm³/mol. The van der Waals surface area contributed by atoms with Gasteiger partial charge in [-0.25, -0.2) is 4.98 Å². The molecule has 8 nitrogen and oxygen atoms in total. The first kappa shape index (κ1) is 23.2. The third-order valence-corrected chi connectivity index (χ3v) is 5.52. The van der Waals surface area contributed by atoms with Crippen molar-refractivity contribution >= 4 is 16.9 Å². The van der Waals surface area contributed by atoms with E-state index in [2.05, 4.69) is 30.4 Å². The predicted octanol–water partition coefficient (Wildman–Crippen LogP) is 4.87. The molecule has 5 aromatic rings. The lowest BCUT2D eigenvalue weighted by molar-refractivity contribution is -0.144. The molecule has 0 aliphatic carbocycles. The highest BCUT2D eigenvalue weighted by molar-refractivity contribution is 5.79. The number of nitrogens with zero attached hydrogens (tertiary/aromatic N) is 4. The van der Waals surface area contributed by atoms with Crippen molar-refractivity contribution in [1.82, 2.24) is 30.4 Å². The van der Waals surface area contributed by atoms with Crippen LogP contribution >= 0.6 is 0 Å². The number of pyridine rings is 1. The second kappa shape index (κ2) is 9.61. The molecule has 0 aliphatic rings. The van der Waals surface area contributed by atoms with Crippen LogP contribution in [0.1, 0.15) is 35.3 Å². The molecule has 182 valence electrons. The lowest BCUT2D eigenvalue weighted by Gasteiger charge is -2.20. The molecule has 1 amide bonds. The van der Waals surface area contributed by atoms with Crippen LogP contribution in [0.4, 0.5) is 13.2 Å². The minimum Gasteiger partial charge on any atom is -0.345 e. The number of alkyl halides is 3. The van der Waals surface area contributed by atoms with Gasteiger partial charge in [-0.15, -0.1) is 0 Å². The van der Waals surface area contributed by atoms with Crippen LogP contribution in [0.25, 0.3) is 22.4 Å². The van der Waals surface area contributed by atoms with Crippen molar-refractivity contribution in [3.8, 4) is 11.4 Å². The van der Waals surface area contributed by atoms with Gasteiger partial charge in [0.25, 0.3) is 0 Å². The van der Waals surface area contributed by atoms with Crippen LogP contribution in [0, 0.1) is 0 Å². The van der Waals surface area contributed by atoms with Crippen molar-refractivity contribution < 1.29 is 22.5 Å². The highest BCUT2D eigenvalue weighted by Crippen LogP contribution is 2.30. The summed E-state index contributed by atoms with van der Waals surface area (Å²) in [5.41, 5.74) is 2.54. The second-order valence-electron chi connectivity index (χ2n) is 8.02. The molecule has 36 heavy (non-hydrogen) atoms. The third-order valence-electron chi connectivity index (χ3n) is 5.52. The normalized spacial score (nSPS) is 12.5. The lowest BCUT2D eigenvalue weighted by Crippen LogP contribution is -2.29. The summed E-state index contributed by atoms with van der Waals surface area (Å²) in [6, 6.07) is 16.8. The molecule has 11 heteroatoms. The number of aromatic nitrogens is 5. The van der Waals surface area contributed by atoms with Crippen LogP contribution in [0.15, 0.2) is 77.6 Å². The monoisotopic (exact) mass is 492 g/mol. The highest BCUT2D eigenvalue weighted by Gasteiger charge is 2.34. The molecular formula is C25H19F3N6O2. The highest BCUT2D eigenvalue weighted by atomic mass is 19.4. The number of halogens is 3. The van der Waals surface area contributed by atoms with Crippen molar-refractivity contribution in [2.24, 2.45) is 0 Å². The van der Waals surface area contributed by atoms with E-state index in [4.69, 9.17) is 4.52 Å². The summed E-state index contributed by atoms with van der Waals surface area (Å²) >= 11 is 0. The molecule has 0 spiro atoms. The Morgan fingerprint density at radius 1 is 1.00 bits per heavy atom. The minimum atomic E-state index is -4.59. The van der Waals surface area contributed by atoms with Gasteiger partial charge in [0.1, 0.15) is 0 Å². The summed E-state index contributed by atoms with van der Waals surface area (Å²) in [6.45, 7) is 0. The van der Waals surface area contributed by atoms with Gasteiger partial charge in [0.2, 0.25) is 23.4 Å². The Hall–Kier alpha value is -4.54. The van der Waals surface area contributed by atoms with E-state index >= 15 is 0 Å². The van der Waals surface area contributed by atoms with E-state index in [1.165, 1.54) is 6.07 Å². The number of carbonyl (C=O) groups is 1. The number of rotatable bonds is 7. The molecule has 3 heterocycles. The van der Waals surface area contributed by atoms with Crippen molar-refractivity contribution in [3.05, 3.63) is 95.9 Å².